The van der Waals surface area contributed by atoms with Crippen LogP contribution in [0.15, 0.2) is 77.3 Å². The van der Waals surface area contributed by atoms with E-state index in [0.29, 0.717) is 24.5 Å². The standard InChI is InChI=1S/C25H25BrN2O3S/c1-2-30-23-15-10-19(26)17-22(23)24(29)28-25(32)27-20-11-13-21(14-12-20)31-16-6-9-18-7-4-3-5-8-18/h3-5,7-8,10-15,17H,2,6,9,16H2,1H3,(H2,27,28,29,32). The van der Waals surface area contributed by atoms with Gasteiger partial charge in [-0.05, 0) is 80.0 Å². The lowest BCUT2D eigenvalue weighted by molar-refractivity contribution is 0.0974. The van der Waals surface area contributed by atoms with Crippen molar-refractivity contribution in [2.75, 3.05) is 18.5 Å². The van der Waals surface area contributed by atoms with E-state index in [1.165, 1.54) is 5.56 Å². The monoisotopic (exact) mass is 512 g/mol. The summed E-state index contributed by atoms with van der Waals surface area (Å²) in [6.45, 7) is 2.98. The normalized spacial score (nSPS) is 10.3. The third-order valence-corrected chi connectivity index (χ3v) is 5.24. The number of carbonyl (C=O) groups is 1. The Bertz CT molecular complexity index is 1040. The summed E-state index contributed by atoms with van der Waals surface area (Å²) in [7, 11) is 0. The Hall–Kier alpha value is -2.90. The minimum Gasteiger partial charge on any atom is -0.494 e. The highest BCUT2D eigenvalue weighted by molar-refractivity contribution is 9.10. The van der Waals surface area contributed by atoms with Crippen LogP contribution in [0.3, 0.4) is 0 Å². The SMILES string of the molecule is CCOc1ccc(Br)cc1C(=O)NC(=S)Nc1ccc(OCCCc2ccccc2)cc1. The fourth-order valence-corrected chi connectivity index (χ4v) is 3.61. The van der Waals surface area contributed by atoms with Gasteiger partial charge in [0.15, 0.2) is 5.11 Å². The quantitative estimate of drug-likeness (QED) is 0.272. The predicted octanol–water partition coefficient (Wildman–Crippen LogP) is 5.99. The van der Waals surface area contributed by atoms with Crippen LogP contribution in [0.4, 0.5) is 5.69 Å². The van der Waals surface area contributed by atoms with Crippen LogP contribution in [0.25, 0.3) is 0 Å². The molecule has 0 saturated heterocycles. The molecule has 2 N–H and O–H groups in total. The lowest BCUT2D eigenvalue weighted by Crippen LogP contribution is -2.34. The Morgan fingerprint density at radius 1 is 1.00 bits per heavy atom. The second-order valence-electron chi connectivity index (χ2n) is 6.94. The van der Waals surface area contributed by atoms with Crippen LogP contribution >= 0.6 is 28.1 Å². The van der Waals surface area contributed by atoms with Crippen LogP contribution < -0.4 is 20.1 Å². The van der Waals surface area contributed by atoms with Gasteiger partial charge in [-0.2, -0.15) is 0 Å². The van der Waals surface area contributed by atoms with Crippen LogP contribution in [0, 0.1) is 0 Å². The van der Waals surface area contributed by atoms with E-state index in [1.54, 1.807) is 12.1 Å². The number of halogens is 1. The Labute approximate surface area is 202 Å². The molecule has 0 unspecified atom stereocenters. The zero-order valence-electron chi connectivity index (χ0n) is 17.8. The number of hydrogen-bond donors (Lipinski definition) is 2. The molecule has 0 radical (unpaired) electrons. The molecule has 166 valence electrons. The number of benzene rings is 3. The molecule has 0 saturated carbocycles. The molecule has 3 aromatic rings. The summed E-state index contributed by atoms with van der Waals surface area (Å²) in [5, 5.41) is 5.91. The number of amides is 1. The van der Waals surface area contributed by atoms with Crippen LogP contribution in [-0.4, -0.2) is 24.2 Å². The Morgan fingerprint density at radius 2 is 1.75 bits per heavy atom. The molecule has 0 aromatic heterocycles. The lowest BCUT2D eigenvalue weighted by atomic mass is 10.1. The van der Waals surface area contributed by atoms with Crippen LogP contribution in [0.1, 0.15) is 29.3 Å². The van der Waals surface area contributed by atoms with Gasteiger partial charge in [0.1, 0.15) is 11.5 Å². The van der Waals surface area contributed by atoms with Gasteiger partial charge in [0.05, 0.1) is 18.8 Å². The van der Waals surface area contributed by atoms with Crippen molar-refractivity contribution >= 4 is 44.9 Å². The maximum absolute atomic E-state index is 12.6. The van der Waals surface area contributed by atoms with E-state index in [1.807, 2.05) is 55.5 Å². The van der Waals surface area contributed by atoms with Crippen LogP contribution in [0.5, 0.6) is 11.5 Å². The van der Waals surface area contributed by atoms with E-state index in [-0.39, 0.29) is 11.0 Å². The minimum absolute atomic E-state index is 0.203. The maximum atomic E-state index is 12.6. The molecule has 7 heteroatoms. The first-order valence-electron chi connectivity index (χ1n) is 10.4. The molecular weight excluding hydrogens is 488 g/mol. The van der Waals surface area contributed by atoms with Gasteiger partial charge in [0.2, 0.25) is 0 Å². The fraction of sp³-hybridized carbons (Fsp3) is 0.200. The lowest BCUT2D eigenvalue weighted by Gasteiger charge is -2.13. The first kappa shape index (κ1) is 23.8. The van der Waals surface area contributed by atoms with Crippen molar-refractivity contribution in [3.05, 3.63) is 88.4 Å². The maximum Gasteiger partial charge on any atom is 0.261 e. The van der Waals surface area contributed by atoms with Crippen molar-refractivity contribution in [3.63, 3.8) is 0 Å². The second kappa shape index (κ2) is 12.2. The molecule has 5 nitrogen and oxygen atoms in total. The van der Waals surface area contributed by atoms with Crippen molar-refractivity contribution in [2.24, 2.45) is 0 Å². The van der Waals surface area contributed by atoms with Crippen molar-refractivity contribution in [3.8, 4) is 11.5 Å². The number of hydrogen-bond acceptors (Lipinski definition) is 4. The molecule has 0 aliphatic heterocycles. The number of rotatable bonds is 9. The fourth-order valence-electron chi connectivity index (χ4n) is 3.04. The number of anilines is 1. The average molecular weight is 513 g/mol. The third kappa shape index (κ3) is 7.35. The van der Waals surface area contributed by atoms with Gasteiger partial charge < -0.3 is 14.8 Å². The highest BCUT2D eigenvalue weighted by Crippen LogP contribution is 2.23. The summed E-state index contributed by atoms with van der Waals surface area (Å²) >= 11 is 8.67. The Morgan fingerprint density at radius 3 is 2.47 bits per heavy atom. The zero-order valence-corrected chi connectivity index (χ0v) is 20.2. The molecule has 0 atom stereocenters. The van der Waals surface area contributed by atoms with Crippen molar-refractivity contribution in [2.45, 2.75) is 19.8 Å². The van der Waals surface area contributed by atoms with Crippen molar-refractivity contribution in [1.82, 2.24) is 5.32 Å². The summed E-state index contributed by atoms with van der Waals surface area (Å²) in [5.74, 6) is 0.949. The summed E-state index contributed by atoms with van der Waals surface area (Å²) in [4.78, 5) is 12.6. The highest BCUT2D eigenvalue weighted by Gasteiger charge is 2.14. The van der Waals surface area contributed by atoms with E-state index in [0.717, 1.165) is 28.8 Å². The van der Waals surface area contributed by atoms with E-state index < -0.39 is 0 Å². The van der Waals surface area contributed by atoms with Crippen LogP contribution in [0.2, 0.25) is 0 Å². The highest BCUT2D eigenvalue weighted by atomic mass is 79.9. The van der Waals surface area contributed by atoms with Gasteiger partial charge in [-0.3, -0.25) is 10.1 Å². The molecule has 0 aliphatic carbocycles. The van der Waals surface area contributed by atoms with E-state index in [9.17, 15) is 4.79 Å². The number of aryl methyl sites for hydroxylation is 1. The average Bonchev–Trinajstić information content (AvgIpc) is 2.79. The van der Waals surface area contributed by atoms with Crippen molar-refractivity contribution in [1.29, 1.82) is 0 Å². The van der Waals surface area contributed by atoms with Gasteiger partial charge in [-0.15, -0.1) is 0 Å². The van der Waals surface area contributed by atoms with Gasteiger partial charge in [-0.1, -0.05) is 46.3 Å². The summed E-state index contributed by atoms with van der Waals surface area (Å²) in [6.07, 6.45) is 1.93. The predicted molar refractivity (Wildman–Crippen MR) is 136 cm³/mol. The summed E-state index contributed by atoms with van der Waals surface area (Å²) in [6, 6.07) is 23.1. The summed E-state index contributed by atoms with van der Waals surface area (Å²) < 4.78 is 12.1. The topological polar surface area (TPSA) is 59.6 Å². The van der Waals surface area contributed by atoms with E-state index in [2.05, 4.69) is 38.7 Å². The van der Waals surface area contributed by atoms with Gasteiger partial charge in [0, 0.05) is 10.2 Å². The largest absolute Gasteiger partial charge is 0.494 e. The molecule has 0 aliphatic rings. The summed E-state index contributed by atoms with van der Waals surface area (Å²) in [5.41, 5.74) is 2.47. The second-order valence-corrected chi connectivity index (χ2v) is 8.27. The molecule has 0 fully saturated rings. The van der Waals surface area contributed by atoms with Gasteiger partial charge in [0.25, 0.3) is 5.91 Å². The zero-order chi connectivity index (χ0) is 22.8. The number of carbonyl (C=O) groups excluding carboxylic acids is 1. The molecule has 0 heterocycles. The Kier molecular flexibility index (Phi) is 9.07. The smallest absolute Gasteiger partial charge is 0.261 e. The molecular formula is C25H25BrN2O3S. The molecule has 32 heavy (non-hydrogen) atoms. The van der Waals surface area contributed by atoms with E-state index >= 15 is 0 Å². The number of nitrogens with one attached hydrogen (secondary N) is 2. The first-order valence-corrected chi connectivity index (χ1v) is 11.6. The molecule has 3 aromatic carbocycles. The minimum atomic E-state index is -0.342. The molecule has 1 amide bonds. The molecule has 3 rings (SSSR count). The van der Waals surface area contributed by atoms with E-state index in [4.69, 9.17) is 21.7 Å². The molecule has 0 spiro atoms. The number of thiocarbonyl (C=S) groups is 1. The molecule has 0 bridgehead atoms. The third-order valence-electron chi connectivity index (χ3n) is 4.55. The van der Waals surface area contributed by atoms with Crippen LogP contribution in [-0.2, 0) is 6.42 Å². The first-order chi connectivity index (χ1) is 15.5. The van der Waals surface area contributed by atoms with Gasteiger partial charge in [-0.25, -0.2) is 0 Å². The Balaban J connectivity index is 1.47. The number of ether oxygens (including phenoxy) is 2. The van der Waals surface area contributed by atoms with Crippen molar-refractivity contribution < 1.29 is 14.3 Å². The van der Waals surface area contributed by atoms with Gasteiger partial charge >= 0.3 is 0 Å².